The molecule has 1 saturated heterocycles. The summed E-state index contributed by atoms with van der Waals surface area (Å²) >= 11 is 0. The lowest BCUT2D eigenvalue weighted by molar-refractivity contribution is -0.384. The first kappa shape index (κ1) is 14.6. The Labute approximate surface area is 118 Å². The molecule has 0 aliphatic carbocycles. The minimum atomic E-state index is -0.427. The van der Waals surface area contributed by atoms with Crippen molar-refractivity contribution >= 4 is 17.1 Å². The fourth-order valence-electron chi connectivity index (χ4n) is 2.52. The molecule has 0 aromatic heterocycles. The zero-order chi connectivity index (χ0) is 14.5. The number of hydrogen-bond donors (Lipinski definition) is 1. The normalized spacial score (nSPS) is 19.1. The molecule has 1 heterocycles. The number of non-ortho nitro benzene ring substituents is 1. The van der Waals surface area contributed by atoms with Crippen molar-refractivity contribution in [2.45, 2.75) is 32.3 Å². The summed E-state index contributed by atoms with van der Waals surface area (Å²) in [6.07, 6.45) is 3.34. The lowest BCUT2D eigenvalue weighted by Gasteiger charge is -2.34. The first-order chi connectivity index (χ1) is 9.61. The lowest BCUT2D eigenvalue weighted by atomic mass is 10.1. The minimum absolute atomic E-state index is 0.0297. The van der Waals surface area contributed by atoms with Gasteiger partial charge in [-0.25, -0.2) is 0 Å². The summed E-state index contributed by atoms with van der Waals surface area (Å²) in [7, 11) is 0. The summed E-state index contributed by atoms with van der Waals surface area (Å²) in [5, 5.41) is 10.7. The molecule has 6 nitrogen and oxygen atoms in total. The molecule has 0 amide bonds. The Morgan fingerprint density at radius 3 is 3.00 bits per heavy atom. The molecule has 1 aromatic rings. The van der Waals surface area contributed by atoms with Gasteiger partial charge in [0, 0.05) is 31.8 Å². The van der Waals surface area contributed by atoms with Crippen LogP contribution in [0.4, 0.5) is 17.1 Å². The maximum Gasteiger partial charge on any atom is 0.271 e. The van der Waals surface area contributed by atoms with Crippen molar-refractivity contribution in [3.63, 3.8) is 0 Å². The minimum Gasteiger partial charge on any atom is -0.397 e. The highest BCUT2D eigenvalue weighted by Crippen LogP contribution is 2.30. The van der Waals surface area contributed by atoms with E-state index >= 15 is 0 Å². The van der Waals surface area contributed by atoms with Gasteiger partial charge in [-0.1, -0.05) is 6.92 Å². The Kier molecular flexibility index (Phi) is 4.79. The number of hydrogen-bond acceptors (Lipinski definition) is 5. The zero-order valence-electron chi connectivity index (χ0n) is 11.7. The summed E-state index contributed by atoms with van der Waals surface area (Å²) in [5.74, 6) is 0. The Morgan fingerprint density at radius 1 is 1.55 bits per heavy atom. The molecular weight excluding hydrogens is 258 g/mol. The van der Waals surface area contributed by atoms with Crippen LogP contribution in [0.5, 0.6) is 0 Å². The lowest BCUT2D eigenvalue weighted by Crippen LogP contribution is -2.40. The molecule has 1 aliphatic heterocycles. The van der Waals surface area contributed by atoms with E-state index < -0.39 is 4.92 Å². The van der Waals surface area contributed by atoms with E-state index in [1.807, 2.05) is 0 Å². The second kappa shape index (κ2) is 6.56. The van der Waals surface area contributed by atoms with Crippen molar-refractivity contribution in [3.8, 4) is 0 Å². The second-order valence-electron chi connectivity index (χ2n) is 5.08. The fourth-order valence-corrected chi connectivity index (χ4v) is 2.52. The molecule has 2 rings (SSSR count). The second-order valence-corrected chi connectivity index (χ2v) is 5.08. The van der Waals surface area contributed by atoms with Gasteiger partial charge in [-0.15, -0.1) is 0 Å². The molecule has 0 radical (unpaired) electrons. The predicted octanol–water partition coefficient (Wildman–Crippen LogP) is 2.57. The summed E-state index contributed by atoms with van der Waals surface area (Å²) in [6.45, 7) is 4.57. The predicted molar refractivity (Wildman–Crippen MR) is 79.0 cm³/mol. The van der Waals surface area contributed by atoms with Crippen LogP contribution in [0.25, 0.3) is 0 Å². The molecule has 1 aromatic carbocycles. The van der Waals surface area contributed by atoms with Crippen molar-refractivity contribution in [2.24, 2.45) is 0 Å². The third-order valence-electron chi connectivity index (χ3n) is 3.50. The average Bonchev–Trinajstić information content (AvgIpc) is 2.45. The van der Waals surface area contributed by atoms with Crippen LogP contribution in [0.2, 0.25) is 0 Å². The smallest absolute Gasteiger partial charge is 0.271 e. The number of nitro benzene ring substituents is 1. The van der Waals surface area contributed by atoms with Crippen LogP contribution in [0.1, 0.15) is 26.2 Å². The molecule has 6 heteroatoms. The Bertz CT molecular complexity index is 479. The van der Waals surface area contributed by atoms with Crippen molar-refractivity contribution in [1.82, 2.24) is 0 Å². The number of anilines is 2. The van der Waals surface area contributed by atoms with E-state index in [4.69, 9.17) is 10.5 Å². The quantitative estimate of drug-likeness (QED) is 0.509. The van der Waals surface area contributed by atoms with Gasteiger partial charge in [-0.05, 0) is 25.3 Å². The molecule has 0 spiro atoms. The van der Waals surface area contributed by atoms with E-state index in [2.05, 4.69) is 11.8 Å². The molecular formula is C14H21N3O3. The van der Waals surface area contributed by atoms with Crippen LogP contribution in [0.3, 0.4) is 0 Å². The summed E-state index contributed by atoms with van der Waals surface area (Å²) in [4.78, 5) is 12.5. The molecule has 0 saturated carbocycles. The van der Waals surface area contributed by atoms with E-state index in [1.54, 1.807) is 6.07 Å². The van der Waals surface area contributed by atoms with Crippen molar-refractivity contribution in [3.05, 3.63) is 28.3 Å². The van der Waals surface area contributed by atoms with Crippen LogP contribution in [-0.2, 0) is 4.74 Å². The van der Waals surface area contributed by atoms with Crippen LogP contribution in [-0.4, -0.2) is 30.7 Å². The van der Waals surface area contributed by atoms with Gasteiger partial charge in [-0.2, -0.15) is 0 Å². The van der Waals surface area contributed by atoms with Gasteiger partial charge in [-0.3, -0.25) is 10.1 Å². The molecule has 1 unspecified atom stereocenters. The standard InChI is InChI=1S/C14H21N3O3/c1-2-8-20-12-4-3-7-16(10-12)14-6-5-11(17(18)19)9-13(14)15/h5-6,9,12H,2-4,7-8,10,15H2,1H3. The topological polar surface area (TPSA) is 81.6 Å². The molecule has 20 heavy (non-hydrogen) atoms. The van der Waals surface area contributed by atoms with Gasteiger partial charge < -0.3 is 15.4 Å². The fraction of sp³-hybridized carbons (Fsp3) is 0.571. The van der Waals surface area contributed by atoms with Gasteiger partial charge in [0.05, 0.1) is 22.4 Å². The van der Waals surface area contributed by atoms with Crippen molar-refractivity contribution in [1.29, 1.82) is 0 Å². The average molecular weight is 279 g/mol. The molecule has 1 fully saturated rings. The van der Waals surface area contributed by atoms with Crippen molar-refractivity contribution in [2.75, 3.05) is 30.3 Å². The monoisotopic (exact) mass is 279 g/mol. The molecule has 110 valence electrons. The van der Waals surface area contributed by atoms with E-state index in [-0.39, 0.29) is 11.8 Å². The number of nitrogen functional groups attached to an aromatic ring is 1. The van der Waals surface area contributed by atoms with Crippen LogP contribution in [0.15, 0.2) is 18.2 Å². The third kappa shape index (κ3) is 3.39. The first-order valence-corrected chi connectivity index (χ1v) is 7.02. The zero-order valence-corrected chi connectivity index (χ0v) is 11.7. The van der Waals surface area contributed by atoms with Gasteiger partial charge >= 0.3 is 0 Å². The highest BCUT2D eigenvalue weighted by atomic mass is 16.6. The van der Waals surface area contributed by atoms with Crippen LogP contribution >= 0.6 is 0 Å². The molecule has 1 aliphatic rings. The number of rotatable bonds is 5. The number of nitrogens with two attached hydrogens (primary N) is 1. The summed E-state index contributed by atoms with van der Waals surface area (Å²) in [5.41, 5.74) is 7.29. The number of benzene rings is 1. The third-order valence-corrected chi connectivity index (χ3v) is 3.50. The van der Waals surface area contributed by atoms with Gasteiger partial charge in [0.2, 0.25) is 0 Å². The van der Waals surface area contributed by atoms with E-state index in [0.29, 0.717) is 5.69 Å². The number of nitro groups is 1. The Balaban J connectivity index is 2.08. The van der Waals surface area contributed by atoms with Crippen LogP contribution in [0, 0.1) is 10.1 Å². The van der Waals surface area contributed by atoms with Crippen molar-refractivity contribution < 1.29 is 9.66 Å². The van der Waals surface area contributed by atoms with Gasteiger partial charge in [0.25, 0.3) is 5.69 Å². The molecule has 1 atom stereocenters. The largest absolute Gasteiger partial charge is 0.397 e. The summed E-state index contributed by atoms with van der Waals surface area (Å²) < 4.78 is 5.79. The number of ether oxygens (including phenoxy) is 1. The molecule has 2 N–H and O–H groups in total. The maximum absolute atomic E-state index is 10.7. The summed E-state index contributed by atoms with van der Waals surface area (Å²) in [6, 6.07) is 4.66. The van der Waals surface area contributed by atoms with E-state index in [0.717, 1.165) is 44.6 Å². The first-order valence-electron chi connectivity index (χ1n) is 7.02. The van der Waals surface area contributed by atoms with Crippen LogP contribution < -0.4 is 10.6 Å². The molecule has 0 bridgehead atoms. The highest BCUT2D eigenvalue weighted by Gasteiger charge is 2.22. The number of piperidine rings is 1. The SMILES string of the molecule is CCCOC1CCCN(c2ccc([N+](=O)[O-])cc2N)C1. The Morgan fingerprint density at radius 2 is 2.35 bits per heavy atom. The maximum atomic E-state index is 10.7. The van der Waals surface area contributed by atoms with Gasteiger partial charge in [0.1, 0.15) is 0 Å². The van der Waals surface area contributed by atoms with Gasteiger partial charge in [0.15, 0.2) is 0 Å². The van der Waals surface area contributed by atoms with E-state index in [9.17, 15) is 10.1 Å². The Hall–Kier alpha value is -1.82. The highest BCUT2D eigenvalue weighted by molar-refractivity contribution is 5.70. The number of nitrogens with zero attached hydrogens (tertiary/aromatic N) is 2. The van der Waals surface area contributed by atoms with E-state index in [1.165, 1.54) is 12.1 Å².